The summed E-state index contributed by atoms with van der Waals surface area (Å²) in [6.45, 7) is 10.7. The molecule has 3 nitrogen and oxygen atoms in total. The van der Waals surface area contributed by atoms with Gasteiger partial charge in [0.25, 0.3) is 0 Å². The number of likely N-dealkylation sites (N-methyl/N-ethyl adjacent to an activating group) is 1. The number of hydrogen-bond donors (Lipinski definition) is 1. The van der Waals surface area contributed by atoms with E-state index < -0.39 is 0 Å². The van der Waals surface area contributed by atoms with Crippen LogP contribution >= 0.6 is 0 Å². The Morgan fingerprint density at radius 1 is 1.28 bits per heavy atom. The summed E-state index contributed by atoms with van der Waals surface area (Å²) in [7, 11) is 2.13. The van der Waals surface area contributed by atoms with Gasteiger partial charge < -0.3 is 9.73 Å². The van der Waals surface area contributed by atoms with E-state index in [0.29, 0.717) is 0 Å². The van der Waals surface area contributed by atoms with Crippen LogP contribution in [0.1, 0.15) is 38.2 Å². The van der Waals surface area contributed by atoms with E-state index in [2.05, 4.69) is 37.2 Å². The summed E-state index contributed by atoms with van der Waals surface area (Å²) in [5.41, 5.74) is 0. The maximum atomic E-state index is 5.56. The summed E-state index contributed by atoms with van der Waals surface area (Å²) < 4.78 is 5.56. The minimum absolute atomic E-state index is 0.816. The summed E-state index contributed by atoms with van der Waals surface area (Å²) in [5.74, 6) is 2.86. The van der Waals surface area contributed by atoms with E-state index >= 15 is 0 Å². The van der Waals surface area contributed by atoms with Gasteiger partial charge in [0.05, 0.1) is 6.54 Å². The van der Waals surface area contributed by atoms with Crippen LogP contribution in [-0.2, 0) is 6.54 Å². The predicted molar refractivity (Wildman–Crippen MR) is 76.7 cm³/mol. The molecular formula is C15H28N2O. The van der Waals surface area contributed by atoms with Crippen molar-refractivity contribution in [1.29, 1.82) is 0 Å². The third-order valence-electron chi connectivity index (χ3n) is 3.03. The Morgan fingerprint density at radius 2 is 2.06 bits per heavy atom. The lowest BCUT2D eigenvalue weighted by atomic mass is 10.1. The SMILES string of the molecule is Cc1ccc(CN(C)CCNCCCC(C)C)o1. The van der Waals surface area contributed by atoms with E-state index in [-0.39, 0.29) is 0 Å². The molecule has 0 aliphatic heterocycles. The minimum Gasteiger partial charge on any atom is -0.465 e. The van der Waals surface area contributed by atoms with E-state index in [1.54, 1.807) is 0 Å². The highest BCUT2D eigenvalue weighted by atomic mass is 16.3. The van der Waals surface area contributed by atoms with Crippen LogP contribution in [0.3, 0.4) is 0 Å². The van der Waals surface area contributed by atoms with Crippen LogP contribution in [0.4, 0.5) is 0 Å². The number of furan rings is 1. The third-order valence-corrected chi connectivity index (χ3v) is 3.03. The van der Waals surface area contributed by atoms with Crippen LogP contribution in [0, 0.1) is 12.8 Å². The van der Waals surface area contributed by atoms with Crippen molar-refractivity contribution < 1.29 is 4.42 Å². The fourth-order valence-electron chi connectivity index (χ4n) is 1.95. The van der Waals surface area contributed by atoms with E-state index in [4.69, 9.17) is 4.42 Å². The average Bonchev–Trinajstić information content (AvgIpc) is 2.68. The van der Waals surface area contributed by atoms with Crippen molar-refractivity contribution in [2.24, 2.45) is 5.92 Å². The largest absolute Gasteiger partial charge is 0.465 e. The molecule has 0 radical (unpaired) electrons. The Labute approximate surface area is 112 Å². The molecule has 1 N–H and O–H groups in total. The van der Waals surface area contributed by atoms with Gasteiger partial charge in [-0.15, -0.1) is 0 Å². The summed E-state index contributed by atoms with van der Waals surface area (Å²) >= 11 is 0. The lowest BCUT2D eigenvalue weighted by molar-refractivity contribution is 0.291. The number of rotatable bonds is 9. The normalized spacial score (nSPS) is 11.7. The van der Waals surface area contributed by atoms with Gasteiger partial charge in [-0.3, -0.25) is 4.90 Å². The average molecular weight is 252 g/mol. The topological polar surface area (TPSA) is 28.4 Å². The van der Waals surface area contributed by atoms with Crippen molar-refractivity contribution >= 4 is 0 Å². The van der Waals surface area contributed by atoms with E-state index in [9.17, 15) is 0 Å². The molecule has 0 amide bonds. The van der Waals surface area contributed by atoms with Gasteiger partial charge in [0, 0.05) is 13.1 Å². The minimum atomic E-state index is 0.816. The molecule has 1 aromatic heterocycles. The smallest absolute Gasteiger partial charge is 0.118 e. The molecule has 1 aromatic rings. The van der Waals surface area contributed by atoms with Crippen molar-refractivity contribution in [1.82, 2.24) is 10.2 Å². The number of aryl methyl sites for hydroxylation is 1. The maximum absolute atomic E-state index is 5.56. The zero-order valence-corrected chi connectivity index (χ0v) is 12.3. The van der Waals surface area contributed by atoms with Gasteiger partial charge >= 0.3 is 0 Å². The summed E-state index contributed by atoms with van der Waals surface area (Å²) in [6, 6.07) is 4.08. The first kappa shape index (κ1) is 15.3. The molecule has 0 unspecified atom stereocenters. The molecular weight excluding hydrogens is 224 g/mol. The molecule has 0 spiro atoms. The Hall–Kier alpha value is -0.800. The van der Waals surface area contributed by atoms with Gasteiger partial charge in [-0.05, 0) is 51.4 Å². The molecule has 104 valence electrons. The monoisotopic (exact) mass is 252 g/mol. The van der Waals surface area contributed by atoms with Crippen LogP contribution in [-0.4, -0.2) is 31.6 Å². The molecule has 0 aromatic carbocycles. The van der Waals surface area contributed by atoms with E-state index in [0.717, 1.165) is 43.6 Å². The third kappa shape index (κ3) is 6.82. The molecule has 0 aliphatic rings. The molecule has 0 saturated carbocycles. The van der Waals surface area contributed by atoms with Crippen LogP contribution in [0.25, 0.3) is 0 Å². The molecule has 0 saturated heterocycles. The van der Waals surface area contributed by atoms with E-state index in [1.165, 1.54) is 12.8 Å². The fourth-order valence-corrected chi connectivity index (χ4v) is 1.95. The molecule has 1 heterocycles. The fraction of sp³-hybridized carbons (Fsp3) is 0.733. The molecule has 3 heteroatoms. The summed E-state index contributed by atoms with van der Waals surface area (Å²) in [5, 5.41) is 3.49. The van der Waals surface area contributed by atoms with Crippen molar-refractivity contribution in [3.8, 4) is 0 Å². The molecule has 1 rings (SSSR count). The second-order valence-corrected chi connectivity index (χ2v) is 5.54. The first-order valence-corrected chi connectivity index (χ1v) is 7.02. The number of nitrogens with one attached hydrogen (secondary N) is 1. The number of hydrogen-bond acceptors (Lipinski definition) is 3. The van der Waals surface area contributed by atoms with Crippen LogP contribution < -0.4 is 5.32 Å². The molecule has 0 atom stereocenters. The maximum Gasteiger partial charge on any atom is 0.118 e. The van der Waals surface area contributed by atoms with Crippen molar-refractivity contribution in [3.05, 3.63) is 23.7 Å². The Balaban J connectivity index is 2.01. The second-order valence-electron chi connectivity index (χ2n) is 5.54. The van der Waals surface area contributed by atoms with Crippen LogP contribution in [0.15, 0.2) is 16.5 Å². The standard InChI is InChI=1S/C15H28N2O/c1-13(2)6-5-9-16-10-11-17(4)12-15-8-7-14(3)18-15/h7-8,13,16H,5-6,9-12H2,1-4H3. The van der Waals surface area contributed by atoms with E-state index in [1.807, 2.05) is 13.0 Å². The van der Waals surface area contributed by atoms with Gasteiger partial charge in [0.2, 0.25) is 0 Å². The zero-order valence-electron chi connectivity index (χ0n) is 12.3. The molecule has 18 heavy (non-hydrogen) atoms. The number of nitrogens with zero attached hydrogens (tertiary/aromatic N) is 1. The lowest BCUT2D eigenvalue weighted by Gasteiger charge is -2.15. The molecule has 0 fully saturated rings. The van der Waals surface area contributed by atoms with Crippen LogP contribution in [0.5, 0.6) is 0 Å². The molecule has 0 bridgehead atoms. The van der Waals surface area contributed by atoms with Gasteiger partial charge in [0.15, 0.2) is 0 Å². The quantitative estimate of drug-likeness (QED) is 0.685. The van der Waals surface area contributed by atoms with Gasteiger partial charge in [-0.2, -0.15) is 0 Å². The van der Waals surface area contributed by atoms with Crippen molar-refractivity contribution in [2.75, 3.05) is 26.7 Å². The van der Waals surface area contributed by atoms with Gasteiger partial charge in [-0.25, -0.2) is 0 Å². The lowest BCUT2D eigenvalue weighted by Crippen LogP contribution is -2.29. The Bertz CT molecular complexity index is 320. The highest BCUT2D eigenvalue weighted by molar-refractivity contribution is 5.05. The highest BCUT2D eigenvalue weighted by Gasteiger charge is 2.03. The molecule has 0 aliphatic carbocycles. The Kier molecular flexibility index (Phi) is 7.06. The Morgan fingerprint density at radius 3 is 2.67 bits per heavy atom. The predicted octanol–water partition coefficient (Wildman–Crippen LogP) is 3.05. The second kappa shape index (κ2) is 8.33. The summed E-state index contributed by atoms with van der Waals surface area (Å²) in [4.78, 5) is 2.29. The first-order chi connectivity index (χ1) is 8.58. The highest BCUT2D eigenvalue weighted by Crippen LogP contribution is 2.08. The first-order valence-electron chi connectivity index (χ1n) is 7.02. The van der Waals surface area contributed by atoms with Crippen molar-refractivity contribution in [3.63, 3.8) is 0 Å². The van der Waals surface area contributed by atoms with Crippen LogP contribution in [0.2, 0.25) is 0 Å². The van der Waals surface area contributed by atoms with Gasteiger partial charge in [-0.1, -0.05) is 13.8 Å². The summed E-state index contributed by atoms with van der Waals surface area (Å²) in [6.07, 6.45) is 2.59. The van der Waals surface area contributed by atoms with Gasteiger partial charge in [0.1, 0.15) is 11.5 Å². The van der Waals surface area contributed by atoms with Crippen molar-refractivity contribution in [2.45, 2.75) is 40.2 Å². The zero-order chi connectivity index (χ0) is 13.4.